The molecule has 20 heavy (non-hydrogen) atoms. The van der Waals surface area contributed by atoms with Gasteiger partial charge in [-0.05, 0) is 31.9 Å². The van der Waals surface area contributed by atoms with Crippen LogP contribution in [0.15, 0.2) is 24.5 Å². The summed E-state index contributed by atoms with van der Waals surface area (Å²) in [5, 5.41) is 12.1. The molecule has 1 aliphatic rings. The summed E-state index contributed by atoms with van der Waals surface area (Å²) >= 11 is 0. The Hall–Kier alpha value is -2.37. The molecule has 2 aromatic rings. The Morgan fingerprint density at radius 1 is 1.45 bits per heavy atom. The van der Waals surface area contributed by atoms with E-state index in [2.05, 4.69) is 10.3 Å². The number of rotatable bonds is 4. The molecule has 1 amide bonds. The number of para-hydroxylation sites is 1. The van der Waals surface area contributed by atoms with E-state index in [1.807, 2.05) is 0 Å². The lowest BCUT2D eigenvalue weighted by molar-refractivity contribution is -0.123. The van der Waals surface area contributed by atoms with Gasteiger partial charge in [-0.15, -0.1) is 0 Å². The number of nitrogens with one attached hydrogen (secondary N) is 1. The van der Waals surface area contributed by atoms with Crippen LogP contribution in [0.4, 0.5) is 0 Å². The van der Waals surface area contributed by atoms with Gasteiger partial charge in [-0.1, -0.05) is 6.07 Å². The maximum Gasteiger partial charge on any atom is 0.337 e. The summed E-state index contributed by atoms with van der Waals surface area (Å²) in [6, 6.07) is 4.83. The van der Waals surface area contributed by atoms with Crippen molar-refractivity contribution in [3.8, 4) is 0 Å². The van der Waals surface area contributed by atoms with Gasteiger partial charge in [-0.25, -0.2) is 9.78 Å². The number of benzene rings is 1. The number of carbonyl (C=O) groups is 2. The lowest BCUT2D eigenvalue weighted by atomic mass is 10.2. The van der Waals surface area contributed by atoms with Crippen molar-refractivity contribution in [2.75, 3.05) is 0 Å². The summed E-state index contributed by atoms with van der Waals surface area (Å²) in [4.78, 5) is 27.4. The van der Waals surface area contributed by atoms with Gasteiger partial charge >= 0.3 is 5.97 Å². The van der Waals surface area contributed by atoms with Crippen LogP contribution in [0.2, 0.25) is 0 Å². The van der Waals surface area contributed by atoms with Crippen molar-refractivity contribution < 1.29 is 14.7 Å². The Bertz CT molecular complexity index is 688. The van der Waals surface area contributed by atoms with Crippen LogP contribution in [-0.4, -0.2) is 32.6 Å². The predicted molar refractivity (Wildman–Crippen MR) is 72.6 cm³/mol. The number of hydrogen-bond acceptors (Lipinski definition) is 3. The van der Waals surface area contributed by atoms with E-state index in [1.54, 1.807) is 23.6 Å². The average Bonchev–Trinajstić information content (AvgIpc) is 3.13. The summed E-state index contributed by atoms with van der Waals surface area (Å²) < 4.78 is 1.71. The molecule has 1 heterocycles. The van der Waals surface area contributed by atoms with E-state index in [0.717, 1.165) is 12.8 Å². The van der Waals surface area contributed by atoms with Gasteiger partial charge in [-0.2, -0.15) is 0 Å². The molecule has 2 N–H and O–H groups in total. The molecule has 1 atom stereocenters. The van der Waals surface area contributed by atoms with Crippen LogP contribution >= 0.6 is 0 Å². The third kappa shape index (κ3) is 2.13. The molecule has 0 spiro atoms. The van der Waals surface area contributed by atoms with Crippen LogP contribution in [0.1, 0.15) is 36.2 Å². The highest BCUT2D eigenvalue weighted by atomic mass is 16.4. The first-order chi connectivity index (χ1) is 9.58. The zero-order valence-corrected chi connectivity index (χ0v) is 11.0. The highest BCUT2D eigenvalue weighted by molar-refractivity contribution is 6.01. The normalized spacial score (nSPS) is 16.1. The van der Waals surface area contributed by atoms with Gasteiger partial charge in [0, 0.05) is 6.04 Å². The quantitative estimate of drug-likeness (QED) is 0.885. The van der Waals surface area contributed by atoms with E-state index in [9.17, 15) is 9.59 Å². The third-order valence-electron chi connectivity index (χ3n) is 3.55. The van der Waals surface area contributed by atoms with E-state index < -0.39 is 12.0 Å². The van der Waals surface area contributed by atoms with Gasteiger partial charge in [0.2, 0.25) is 5.91 Å². The fourth-order valence-corrected chi connectivity index (χ4v) is 2.21. The number of hydrogen-bond donors (Lipinski definition) is 2. The molecule has 6 heteroatoms. The highest BCUT2D eigenvalue weighted by Gasteiger charge is 2.27. The Kier molecular flexibility index (Phi) is 2.93. The second-order valence-corrected chi connectivity index (χ2v) is 5.09. The summed E-state index contributed by atoms with van der Waals surface area (Å²) in [5.41, 5.74) is 1.21. The SMILES string of the molecule is CC(C(=O)NC1CC1)n1cnc2c(C(=O)O)cccc21. The minimum atomic E-state index is -1.02. The van der Waals surface area contributed by atoms with E-state index in [-0.39, 0.29) is 11.5 Å². The van der Waals surface area contributed by atoms with Crippen molar-refractivity contribution in [3.05, 3.63) is 30.1 Å². The van der Waals surface area contributed by atoms with E-state index in [1.165, 1.54) is 12.4 Å². The molecule has 104 valence electrons. The minimum absolute atomic E-state index is 0.0625. The number of aromatic nitrogens is 2. The molecule has 1 saturated carbocycles. The van der Waals surface area contributed by atoms with Crippen LogP contribution in [0.3, 0.4) is 0 Å². The molecule has 6 nitrogen and oxygen atoms in total. The fraction of sp³-hybridized carbons (Fsp3) is 0.357. The predicted octanol–water partition coefficient (Wildman–Crippen LogP) is 1.57. The molecule has 1 aromatic carbocycles. The number of imidazole rings is 1. The van der Waals surface area contributed by atoms with Gasteiger partial charge in [0.05, 0.1) is 17.4 Å². The number of nitrogens with zero attached hydrogens (tertiary/aromatic N) is 2. The Balaban J connectivity index is 1.97. The van der Waals surface area contributed by atoms with Crippen LogP contribution < -0.4 is 5.32 Å². The number of carboxylic acid groups (broad SMARTS) is 1. The first-order valence-electron chi connectivity index (χ1n) is 6.57. The number of amides is 1. The third-order valence-corrected chi connectivity index (χ3v) is 3.55. The van der Waals surface area contributed by atoms with E-state index in [4.69, 9.17) is 5.11 Å². The lowest BCUT2D eigenvalue weighted by Crippen LogP contribution is -2.32. The summed E-state index contributed by atoms with van der Waals surface area (Å²) in [7, 11) is 0. The zero-order chi connectivity index (χ0) is 14.3. The van der Waals surface area contributed by atoms with Crippen molar-refractivity contribution in [2.24, 2.45) is 0 Å². The fourth-order valence-electron chi connectivity index (χ4n) is 2.21. The monoisotopic (exact) mass is 273 g/mol. The molecular formula is C14H15N3O3. The van der Waals surface area contributed by atoms with Crippen molar-refractivity contribution >= 4 is 22.9 Å². The topological polar surface area (TPSA) is 84.2 Å². The first kappa shape index (κ1) is 12.7. The molecule has 1 unspecified atom stereocenters. The van der Waals surface area contributed by atoms with Crippen LogP contribution in [0.5, 0.6) is 0 Å². The second kappa shape index (κ2) is 4.63. The minimum Gasteiger partial charge on any atom is -0.478 e. The standard InChI is InChI=1S/C14H15N3O3/c1-8(13(18)16-9-5-6-9)17-7-15-12-10(14(19)20)3-2-4-11(12)17/h2-4,7-9H,5-6H2,1H3,(H,16,18)(H,19,20). The van der Waals surface area contributed by atoms with Crippen LogP contribution in [0.25, 0.3) is 11.0 Å². The largest absolute Gasteiger partial charge is 0.478 e. The van der Waals surface area contributed by atoms with Crippen molar-refractivity contribution in [1.82, 2.24) is 14.9 Å². The van der Waals surface area contributed by atoms with Crippen molar-refractivity contribution in [1.29, 1.82) is 0 Å². The van der Waals surface area contributed by atoms with Crippen molar-refractivity contribution in [3.63, 3.8) is 0 Å². The van der Waals surface area contributed by atoms with Crippen molar-refractivity contribution in [2.45, 2.75) is 31.8 Å². The first-order valence-corrected chi connectivity index (χ1v) is 6.57. The van der Waals surface area contributed by atoms with Crippen LogP contribution in [0, 0.1) is 0 Å². The Morgan fingerprint density at radius 2 is 2.20 bits per heavy atom. The molecule has 0 radical (unpaired) electrons. The second-order valence-electron chi connectivity index (χ2n) is 5.09. The highest BCUT2D eigenvalue weighted by Crippen LogP contribution is 2.23. The lowest BCUT2D eigenvalue weighted by Gasteiger charge is -2.14. The molecule has 0 aliphatic heterocycles. The molecule has 0 bridgehead atoms. The zero-order valence-electron chi connectivity index (χ0n) is 11.0. The number of carboxylic acids is 1. The van der Waals surface area contributed by atoms with Gasteiger partial charge in [0.25, 0.3) is 0 Å². The number of carbonyl (C=O) groups excluding carboxylic acids is 1. The smallest absolute Gasteiger partial charge is 0.337 e. The number of aromatic carboxylic acids is 1. The molecule has 0 saturated heterocycles. The van der Waals surface area contributed by atoms with Gasteiger partial charge in [0.15, 0.2) is 0 Å². The Morgan fingerprint density at radius 3 is 2.85 bits per heavy atom. The van der Waals surface area contributed by atoms with Gasteiger partial charge in [-0.3, -0.25) is 4.79 Å². The maximum atomic E-state index is 12.1. The summed E-state index contributed by atoms with van der Waals surface area (Å²) in [6.45, 7) is 1.78. The average molecular weight is 273 g/mol. The summed E-state index contributed by atoms with van der Waals surface area (Å²) in [6.07, 6.45) is 3.59. The van der Waals surface area contributed by atoms with E-state index in [0.29, 0.717) is 17.1 Å². The molecular weight excluding hydrogens is 258 g/mol. The molecule has 1 aromatic heterocycles. The van der Waals surface area contributed by atoms with Gasteiger partial charge in [0.1, 0.15) is 11.6 Å². The summed E-state index contributed by atoms with van der Waals surface area (Å²) in [5.74, 6) is -1.08. The maximum absolute atomic E-state index is 12.1. The molecule has 3 rings (SSSR count). The van der Waals surface area contributed by atoms with Gasteiger partial charge < -0.3 is 15.0 Å². The Labute approximate surface area is 115 Å². The van der Waals surface area contributed by atoms with E-state index >= 15 is 0 Å². The molecule has 1 fully saturated rings. The number of fused-ring (bicyclic) bond motifs is 1. The van der Waals surface area contributed by atoms with Crippen LogP contribution in [-0.2, 0) is 4.79 Å². The molecule has 1 aliphatic carbocycles.